The number of thioether (sulfide) groups is 1. The maximum atomic E-state index is 13.9. The average Bonchev–Trinajstić information content (AvgIpc) is 2.27. The molecule has 1 rings (SSSR count). The first kappa shape index (κ1) is 12.3. The van der Waals surface area contributed by atoms with Crippen molar-refractivity contribution >= 4 is 11.8 Å². The van der Waals surface area contributed by atoms with Gasteiger partial charge in [0.15, 0.2) is 0 Å². The normalized spacial score (nSPS) is 10.4. The van der Waals surface area contributed by atoms with Crippen LogP contribution in [0.1, 0.15) is 12.0 Å². The Hall–Kier alpha value is -0.740. The van der Waals surface area contributed by atoms with Gasteiger partial charge in [-0.2, -0.15) is 0 Å². The first-order valence-corrected chi connectivity index (χ1v) is 5.97. The topological polar surface area (TPSA) is 29.5 Å². The van der Waals surface area contributed by atoms with Crippen LogP contribution in [0.15, 0.2) is 17.0 Å². The third-order valence-corrected chi connectivity index (χ3v) is 2.96. The SMILES string of the molecule is COc1ccc(CCCO)c(F)c1SC. The van der Waals surface area contributed by atoms with Crippen molar-refractivity contribution in [3.05, 3.63) is 23.5 Å². The zero-order valence-electron chi connectivity index (χ0n) is 8.92. The summed E-state index contributed by atoms with van der Waals surface area (Å²) in [7, 11) is 1.53. The highest BCUT2D eigenvalue weighted by Crippen LogP contribution is 2.32. The summed E-state index contributed by atoms with van der Waals surface area (Å²) in [4.78, 5) is 0.535. The Morgan fingerprint density at radius 3 is 2.73 bits per heavy atom. The van der Waals surface area contributed by atoms with Crippen molar-refractivity contribution in [1.29, 1.82) is 0 Å². The summed E-state index contributed by atoms with van der Waals surface area (Å²) in [5.74, 6) is 0.336. The van der Waals surface area contributed by atoms with Gasteiger partial charge in [0.2, 0.25) is 0 Å². The zero-order chi connectivity index (χ0) is 11.3. The fourth-order valence-electron chi connectivity index (χ4n) is 1.39. The van der Waals surface area contributed by atoms with E-state index in [0.29, 0.717) is 29.1 Å². The number of benzene rings is 1. The highest BCUT2D eigenvalue weighted by Gasteiger charge is 2.12. The molecule has 0 saturated carbocycles. The van der Waals surface area contributed by atoms with E-state index in [2.05, 4.69) is 0 Å². The number of ether oxygens (including phenoxy) is 1. The standard InChI is InChI=1S/C11H15FO2S/c1-14-9-6-5-8(4-3-7-13)10(12)11(9)15-2/h5-6,13H,3-4,7H2,1-2H3. The number of rotatable bonds is 5. The molecule has 0 heterocycles. The molecule has 1 aromatic carbocycles. The number of aryl methyl sites for hydroxylation is 1. The van der Waals surface area contributed by atoms with E-state index in [1.807, 2.05) is 6.26 Å². The molecule has 1 N–H and O–H groups in total. The minimum atomic E-state index is -0.227. The number of methoxy groups -OCH3 is 1. The summed E-state index contributed by atoms with van der Waals surface area (Å²) in [6.45, 7) is 0.0834. The summed E-state index contributed by atoms with van der Waals surface area (Å²) in [6.07, 6.45) is 2.95. The van der Waals surface area contributed by atoms with Crippen LogP contribution in [0.5, 0.6) is 5.75 Å². The van der Waals surface area contributed by atoms with Gasteiger partial charge in [0.1, 0.15) is 11.6 Å². The summed E-state index contributed by atoms with van der Waals surface area (Å²) in [5, 5.41) is 8.69. The van der Waals surface area contributed by atoms with Gasteiger partial charge in [0.05, 0.1) is 12.0 Å². The molecule has 0 unspecified atom stereocenters. The number of hydrogen-bond acceptors (Lipinski definition) is 3. The van der Waals surface area contributed by atoms with E-state index in [9.17, 15) is 4.39 Å². The van der Waals surface area contributed by atoms with E-state index in [1.54, 1.807) is 12.1 Å². The van der Waals surface area contributed by atoms with Gasteiger partial charge in [-0.25, -0.2) is 4.39 Å². The van der Waals surface area contributed by atoms with Crippen LogP contribution in [-0.2, 0) is 6.42 Å². The summed E-state index contributed by atoms with van der Waals surface area (Å²) >= 11 is 1.33. The fraction of sp³-hybridized carbons (Fsp3) is 0.455. The van der Waals surface area contributed by atoms with Crippen molar-refractivity contribution in [2.75, 3.05) is 20.0 Å². The molecule has 0 radical (unpaired) electrons. The maximum Gasteiger partial charge on any atom is 0.143 e. The minimum absolute atomic E-state index is 0.0834. The molecule has 4 heteroatoms. The van der Waals surface area contributed by atoms with Crippen molar-refractivity contribution in [1.82, 2.24) is 0 Å². The number of aliphatic hydroxyl groups is 1. The second kappa shape index (κ2) is 5.98. The molecule has 0 aliphatic carbocycles. The van der Waals surface area contributed by atoms with Crippen LogP contribution < -0.4 is 4.74 Å². The zero-order valence-corrected chi connectivity index (χ0v) is 9.73. The van der Waals surface area contributed by atoms with Crippen molar-refractivity contribution in [3.63, 3.8) is 0 Å². The second-order valence-electron chi connectivity index (χ2n) is 3.10. The predicted octanol–water partition coefficient (Wildman–Crippen LogP) is 2.48. The molecule has 1 aromatic rings. The summed E-state index contributed by atoms with van der Waals surface area (Å²) < 4.78 is 18.9. The molecule has 84 valence electrons. The van der Waals surface area contributed by atoms with E-state index >= 15 is 0 Å². The van der Waals surface area contributed by atoms with Crippen molar-refractivity contribution in [3.8, 4) is 5.75 Å². The summed E-state index contributed by atoms with van der Waals surface area (Å²) in [5.41, 5.74) is 0.634. The maximum absolute atomic E-state index is 13.9. The molecule has 0 aliphatic rings. The molecule has 0 atom stereocenters. The number of hydrogen-bond donors (Lipinski definition) is 1. The highest BCUT2D eigenvalue weighted by atomic mass is 32.2. The number of halogens is 1. The van der Waals surface area contributed by atoms with Crippen LogP contribution in [0.4, 0.5) is 4.39 Å². The molecule has 0 fully saturated rings. The molecular formula is C11H15FO2S. The van der Waals surface area contributed by atoms with E-state index in [0.717, 1.165) is 0 Å². The molecule has 2 nitrogen and oxygen atoms in total. The Labute approximate surface area is 93.5 Å². The lowest BCUT2D eigenvalue weighted by Crippen LogP contribution is -1.97. The monoisotopic (exact) mass is 230 g/mol. The van der Waals surface area contributed by atoms with Crippen LogP contribution in [-0.4, -0.2) is 25.1 Å². The Morgan fingerprint density at radius 1 is 1.47 bits per heavy atom. The fourth-order valence-corrected chi connectivity index (χ4v) is 2.06. The molecule has 0 saturated heterocycles. The van der Waals surface area contributed by atoms with E-state index in [1.165, 1.54) is 18.9 Å². The lowest BCUT2D eigenvalue weighted by molar-refractivity contribution is 0.288. The molecule has 0 bridgehead atoms. The van der Waals surface area contributed by atoms with Crippen LogP contribution in [0.3, 0.4) is 0 Å². The van der Waals surface area contributed by atoms with E-state index in [-0.39, 0.29) is 12.4 Å². The van der Waals surface area contributed by atoms with Crippen LogP contribution in [0, 0.1) is 5.82 Å². The predicted molar refractivity (Wildman–Crippen MR) is 60.1 cm³/mol. The quantitative estimate of drug-likeness (QED) is 0.788. The number of aliphatic hydroxyl groups excluding tert-OH is 1. The second-order valence-corrected chi connectivity index (χ2v) is 3.92. The average molecular weight is 230 g/mol. The van der Waals surface area contributed by atoms with Gasteiger partial charge in [-0.3, -0.25) is 0 Å². The Balaban J connectivity index is 3.00. The van der Waals surface area contributed by atoms with Gasteiger partial charge in [0, 0.05) is 6.61 Å². The Morgan fingerprint density at radius 2 is 2.20 bits per heavy atom. The molecule has 0 spiro atoms. The Kier molecular flexibility index (Phi) is 4.91. The minimum Gasteiger partial charge on any atom is -0.495 e. The van der Waals surface area contributed by atoms with Gasteiger partial charge >= 0.3 is 0 Å². The third kappa shape index (κ3) is 2.86. The molecule has 0 aromatic heterocycles. The lowest BCUT2D eigenvalue weighted by Gasteiger charge is -2.10. The Bertz CT molecular complexity index is 329. The molecule has 0 amide bonds. The first-order chi connectivity index (χ1) is 7.24. The van der Waals surface area contributed by atoms with E-state index in [4.69, 9.17) is 9.84 Å². The lowest BCUT2D eigenvalue weighted by atomic mass is 10.1. The van der Waals surface area contributed by atoms with E-state index < -0.39 is 0 Å². The summed E-state index contributed by atoms with van der Waals surface area (Å²) in [6, 6.07) is 3.48. The van der Waals surface area contributed by atoms with Crippen molar-refractivity contribution in [2.45, 2.75) is 17.7 Å². The molecular weight excluding hydrogens is 215 g/mol. The van der Waals surface area contributed by atoms with Crippen LogP contribution >= 0.6 is 11.8 Å². The van der Waals surface area contributed by atoms with Crippen molar-refractivity contribution in [2.24, 2.45) is 0 Å². The van der Waals surface area contributed by atoms with Gasteiger partial charge in [0.25, 0.3) is 0 Å². The highest BCUT2D eigenvalue weighted by molar-refractivity contribution is 7.98. The smallest absolute Gasteiger partial charge is 0.143 e. The molecule has 15 heavy (non-hydrogen) atoms. The first-order valence-electron chi connectivity index (χ1n) is 4.74. The van der Waals surface area contributed by atoms with Crippen LogP contribution in [0.2, 0.25) is 0 Å². The van der Waals surface area contributed by atoms with Gasteiger partial charge in [-0.15, -0.1) is 11.8 Å². The van der Waals surface area contributed by atoms with Crippen molar-refractivity contribution < 1.29 is 14.2 Å². The van der Waals surface area contributed by atoms with Gasteiger partial charge in [-0.05, 0) is 30.7 Å². The molecule has 0 aliphatic heterocycles. The third-order valence-electron chi connectivity index (χ3n) is 2.17. The van der Waals surface area contributed by atoms with Crippen LogP contribution in [0.25, 0.3) is 0 Å². The largest absolute Gasteiger partial charge is 0.495 e. The van der Waals surface area contributed by atoms with Gasteiger partial charge in [-0.1, -0.05) is 6.07 Å². The van der Waals surface area contributed by atoms with Gasteiger partial charge < -0.3 is 9.84 Å².